The lowest BCUT2D eigenvalue weighted by molar-refractivity contribution is 0.0131. The summed E-state index contributed by atoms with van der Waals surface area (Å²) in [5, 5.41) is 12.7. The number of aromatic nitrogens is 2. The number of hydrogen-bond acceptors (Lipinski definition) is 7. The van der Waals surface area contributed by atoms with Crippen molar-refractivity contribution < 1.29 is 27.8 Å². The number of carbonyl (C=O) groups is 1. The SMILES string of the molecule is CC[C@H](N)c1oc(-c2ccc(OC)c3nc(C(C)(F)F)ccc23)nc1C(=O)NCc1ccc(O)cc1. The lowest BCUT2D eigenvalue weighted by Crippen LogP contribution is -2.25. The maximum absolute atomic E-state index is 13.9. The smallest absolute Gasteiger partial charge is 0.286 e. The molecule has 0 saturated carbocycles. The molecule has 1 atom stereocenters. The van der Waals surface area contributed by atoms with Crippen LogP contribution in [0.25, 0.3) is 22.4 Å². The minimum absolute atomic E-state index is 0.0340. The molecule has 4 rings (SSSR count). The molecule has 1 amide bonds. The molecular formula is C26H26F2N4O4. The number of carbonyl (C=O) groups excluding carboxylic acids is 1. The summed E-state index contributed by atoms with van der Waals surface area (Å²) in [6.45, 7) is 2.82. The maximum atomic E-state index is 13.9. The van der Waals surface area contributed by atoms with Crippen LogP contribution in [0.5, 0.6) is 11.5 Å². The van der Waals surface area contributed by atoms with Crippen LogP contribution in [-0.2, 0) is 12.5 Å². The van der Waals surface area contributed by atoms with Crippen LogP contribution in [0, 0.1) is 0 Å². The van der Waals surface area contributed by atoms with Gasteiger partial charge in [-0.3, -0.25) is 4.79 Å². The normalized spacial score (nSPS) is 12.5. The van der Waals surface area contributed by atoms with Crippen LogP contribution in [0.15, 0.2) is 52.9 Å². The van der Waals surface area contributed by atoms with E-state index in [0.29, 0.717) is 23.1 Å². The molecule has 4 N–H and O–H groups in total. The van der Waals surface area contributed by atoms with Gasteiger partial charge in [-0.05, 0) is 48.4 Å². The minimum Gasteiger partial charge on any atom is -0.508 e. The molecular weight excluding hydrogens is 470 g/mol. The van der Waals surface area contributed by atoms with E-state index >= 15 is 0 Å². The average molecular weight is 497 g/mol. The lowest BCUT2D eigenvalue weighted by Gasteiger charge is -2.13. The molecule has 0 saturated heterocycles. The van der Waals surface area contributed by atoms with Crippen LogP contribution in [-0.4, -0.2) is 28.1 Å². The van der Waals surface area contributed by atoms with Crippen LogP contribution in [0.1, 0.15) is 53.8 Å². The minimum atomic E-state index is -3.14. The second kappa shape index (κ2) is 9.90. The van der Waals surface area contributed by atoms with Gasteiger partial charge >= 0.3 is 0 Å². The molecule has 36 heavy (non-hydrogen) atoms. The van der Waals surface area contributed by atoms with E-state index in [4.69, 9.17) is 14.9 Å². The zero-order chi connectivity index (χ0) is 26.0. The number of phenols is 1. The van der Waals surface area contributed by atoms with Gasteiger partial charge in [-0.25, -0.2) is 9.97 Å². The molecule has 2 heterocycles. The quantitative estimate of drug-likeness (QED) is 0.312. The van der Waals surface area contributed by atoms with Crippen molar-refractivity contribution in [1.82, 2.24) is 15.3 Å². The number of amides is 1. The first-order chi connectivity index (χ1) is 17.1. The van der Waals surface area contributed by atoms with E-state index in [9.17, 15) is 18.7 Å². The average Bonchev–Trinajstić information content (AvgIpc) is 3.31. The van der Waals surface area contributed by atoms with Gasteiger partial charge in [0.05, 0.1) is 13.2 Å². The van der Waals surface area contributed by atoms with Crippen molar-refractivity contribution in [3.05, 3.63) is 71.2 Å². The molecule has 4 aromatic rings. The van der Waals surface area contributed by atoms with Crippen molar-refractivity contribution in [2.75, 3.05) is 7.11 Å². The fraction of sp³-hybridized carbons (Fsp3) is 0.269. The predicted octanol–water partition coefficient (Wildman–Crippen LogP) is 5.06. The second-order valence-corrected chi connectivity index (χ2v) is 8.39. The van der Waals surface area contributed by atoms with E-state index in [0.717, 1.165) is 12.5 Å². The van der Waals surface area contributed by atoms with Crippen LogP contribution < -0.4 is 15.8 Å². The standard InChI is InChI=1S/C26H26F2N4O4/c1-4-18(29)23-22(24(34)30-13-14-5-7-15(33)8-6-14)32-25(36-23)17-9-11-19(35-3)21-16(17)10-12-20(31-21)26(2,27)28/h5-12,18,33H,4,13,29H2,1-3H3,(H,30,34)/t18-/m0/s1. The Morgan fingerprint density at radius 2 is 1.89 bits per heavy atom. The molecule has 188 valence electrons. The number of pyridine rings is 1. The van der Waals surface area contributed by atoms with E-state index in [1.54, 1.807) is 24.3 Å². The molecule has 2 aromatic heterocycles. The van der Waals surface area contributed by atoms with Crippen LogP contribution in [0.3, 0.4) is 0 Å². The highest BCUT2D eigenvalue weighted by Gasteiger charge is 2.29. The Morgan fingerprint density at radius 3 is 2.53 bits per heavy atom. The zero-order valence-electron chi connectivity index (χ0n) is 20.0. The van der Waals surface area contributed by atoms with Gasteiger partial charge in [-0.15, -0.1) is 0 Å². The van der Waals surface area contributed by atoms with Crippen molar-refractivity contribution in [2.45, 2.75) is 38.8 Å². The summed E-state index contributed by atoms with van der Waals surface area (Å²) in [5.74, 6) is -2.87. The van der Waals surface area contributed by atoms with Crippen molar-refractivity contribution in [3.8, 4) is 23.0 Å². The van der Waals surface area contributed by atoms with E-state index in [-0.39, 0.29) is 35.2 Å². The Hall–Kier alpha value is -4.05. The Kier molecular flexibility index (Phi) is 6.89. The topological polar surface area (TPSA) is 124 Å². The number of fused-ring (bicyclic) bond motifs is 1. The summed E-state index contributed by atoms with van der Waals surface area (Å²) >= 11 is 0. The molecule has 0 aliphatic heterocycles. The number of rotatable bonds is 8. The van der Waals surface area contributed by atoms with Gasteiger partial charge in [-0.1, -0.05) is 19.1 Å². The number of halogens is 2. The van der Waals surface area contributed by atoms with Gasteiger partial charge in [0.1, 0.15) is 22.7 Å². The van der Waals surface area contributed by atoms with Crippen molar-refractivity contribution in [2.24, 2.45) is 5.73 Å². The van der Waals surface area contributed by atoms with Crippen LogP contribution in [0.4, 0.5) is 8.78 Å². The molecule has 0 spiro atoms. The Labute approximate surface area is 206 Å². The van der Waals surface area contributed by atoms with Crippen molar-refractivity contribution in [1.29, 1.82) is 0 Å². The molecule has 0 fully saturated rings. The zero-order valence-corrected chi connectivity index (χ0v) is 20.0. The molecule has 10 heteroatoms. The molecule has 0 radical (unpaired) electrons. The van der Waals surface area contributed by atoms with Gasteiger partial charge in [0.15, 0.2) is 11.5 Å². The number of nitrogens with zero attached hydrogens (tertiary/aromatic N) is 2. The monoisotopic (exact) mass is 496 g/mol. The van der Waals surface area contributed by atoms with Gasteiger partial charge in [0.2, 0.25) is 5.89 Å². The van der Waals surface area contributed by atoms with Crippen LogP contribution in [0.2, 0.25) is 0 Å². The number of oxazole rings is 1. The number of benzene rings is 2. The fourth-order valence-electron chi connectivity index (χ4n) is 3.71. The van der Waals surface area contributed by atoms with Gasteiger partial charge < -0.3 is 25.3 Å². The summed E-state index contributed by atoms with van der Waals surface area (Å²) in [5.41, 5.74) is 7.29. The number of hydrogen-bond donors (Lipinski definition) is 3. The highest BCUT2D eigenvalue weighted by Crippen LogP contribution is 2.37. The molecule has 0 aliphatic carbocycles. The number of methoxy groups -OCH3 is 1. The first kappa shape index (κ1) is 25.1. The molecule has 0 unspecified atom stereocenters. The predicted molar refractivity (Wildman–Crippen MR) is 130 cm³/mol. The highest BCUT2D eigenvalue weighted by molar-refractivity contribution is 5.98. The number of nitrogens with two attached hydrogens (primary N) is 1. The van der Waals surface area contributed by atoms with Crippen LogP contribution >= 0.6 is 0 Å². The number of alkyl halides is 2. The lowest BCUT2D eigenvalue weighted by atomic mass is 10.1. The number of nitrogens with one attached hydrogen (secondary N) is 1. The van der Waals surface area contributed by atoms with Gasteiger partial charge in [0.25, 0.3) is 11.8 Å². The third-order valence-electron chi connectivity index (χ3n) is 5.75. The Morgan fingerprint density at radius 1 is 1.17 bits per heavy atom. The fourth-order valence-corrected chi connectivity index (χ4v) is 3.71. The van der Waals surface area contributed by atoms with E-state index in [2.05, 4.69) is 15.3 Å². The first-order valence-corrected chi connectivity index (χ1v) is 11.3. The number of phenolic OH excluding ortho intramolecular Hbond substituents is 1. The van der Waals surface area contributed by atoms with E-state index in [1.807, 2.05) is 6.92 Å². The molecule has 0 aliphatic rings. The number of aromatic hydroxyl groups is 1. The summed E-state index contributed by atoms with van der Waals surface area (Å²) in [6.07, 6.45) is 0.493. The number of ether oxygens (including phenoxy) is 1. The van der Waals surface area contributed by atoms with Gasteiger partial charge in [0, 0.05) is 24.4 Å². The van der Waals surface area contributed by atoms with Gasteiger partial charge in [-0.2, -0.15) is 8.78 Å². The third-order valence-corrected chi connectivity index (χ3v) is 5.75. The van der Waals surface area contributed by atoms with Crippen molar-refractivity contribution in [3.63, 3.8) is 0 Å². The first-order valence-electron chi connectivity index (χ1n) is 11.3. The summed E-state index contributed by atoms with van der Waals surface area (Å²) in [4.78, 5) is 21.6. The Balaban J connectivity index is 1.75. The summed E-state index contributed by atoms with van der Waals surface area (Å²) in [6, 6.07) is 11.8. The van der Waals surface area contributed by atoms with E-state index in [1.165, 1.54) is 31.4 Å². The van der Waals surface area contributed by atoms with Crippen molar-refractivity contribution >= 4 is 16.8 Å². The highest BCUT2D eigenvalue weighted by atomic mass is 19.3. The summed E-state index contributed by atoms with van der Waals surface area (Å²) < 4.78 is 39.2. The Bertz CT molecular complexity index is 1400. The summed E-state index contributed by atoms with van der Waals surface area (Å²) in [7, 11) is 1.42. The third kappa shape index (κ3) is 4.99. The maximum Gasteiger partial charge on any atom is 0.286 e. The van der Waals surface area contributed by atoms with E-state index < -0.39 is 23.6 Å². The largest absolute Gasteiger partial charge is 0.508 e. The molecule has 8 nitrogen and oxygen atoms in total. The molecule has 2 aromatic carbocycles. The second-order valence-electron chi connectivity index (χ2n) is 8.39. The molecule has 0 bridgehead atoms.